The van der Waals surface area contributed by atoms with E-state index >= 15 is 0 Å². The molecule has 7 heteroatoms. The van der Waals surface area contributed by atoms with Crippen LogP contribution in [0.3, 0.4) is 0 Å². The molecule has 3 N–H and O–H groups in total. The zero-order chi connectivity index (χ0) is 14.6. The van der Waals surface area contributed by atoms with Gasteiger partial charge in [0, 0.05) is 12.1 Å². The van der Waals surface area contributed by atoms with Crippen molar-refractivity contribution in [3.05, 3.63) is 23.0 Å². The second-order valence-corrected chi connectivity index (χ2v) is 4.05. The van der Waals surface area contributed by atoms with E-state index < -0.39 is 12.0 Å². The smallest absolute Gasteiger partial charge is 0.340 e. The minimum atomic E-state index is -0.779. The predicted molar refractivity (Wildman–Crippen MR) is 68.5 cm³/mol. The van der Waals surface area contributed by atoms with E-state index in [1.54, 1.807) is 13.8 Å². The number of nitrogens with one attached hydrogen (secondary N) is 1. The number of carbonyl (C=O) groups is 3. The summed E-state index contributed by atoms with van der Waals surface area (Å²) in [6.45, 7) is 4.99. The molecule has 0 aliphatic heterocycles. The van der Waals surface area contributed by atoms with Gasteiger partial charge in [-0.15, -0.1) is 0 Å². The maximum absolute atomic E-state index is 11.7. The molecule has 1 heterocycles. The largest absolute Gasteiger partial charge is 0.462 e. The number of ether oxygens (including phenoxy) is 1. The monoisotopic (exact) mass is 267 g/mol. The number of ketones is 1. The fraction of sp³-hybridized carbons (Fsp3) is 0.417. The standard InChI is InChI=1S/C12H17N3O4/c1-4-19-11(17)10-6-9(5-7(2)16)15(8(10)3)14-12(13)18/h6H,4-5H2,1-3H3,(H3,13,14,18). The first kappa shape index (κ1) is 14.7. The van der Waals surface area contributed by atoms with Gasteiger partial charge in [0.1, 0.15) is 5.78 Å². The Bertz CT molecular complexity index is 519. The first-order valence-electron chi connectivity index (χ1n) is 5.81. The van der Waals surface area contributed by atoms with Crippen LogP contribution in [0.4, 0.5) is 4.79 Å². The van der Waals surface area contributed by atoms with Crippen molar-refractivity contribution in [1.82, 2.24) is 4.68 Å². The van der Waals surface area contributed by atoms with Crippen LogP contribution < -0.4 is 11.2 Å². The molecule has 104 valence electrons. The molecule has 0 fully saturated rings. The molecule has 0 atom stereocenters. The Morgan fingerprint density at radius 1 is 1.42 bits per heavy atom. The normalized spacial score (nSPS) is 10.1. The van der Waals surface area contributed by atoms with Crippen LogP contribution in [0.15, 0.2) is 6.07 Å². The predicted octanol–water partition coefficient (Wildman–Crippen LogP) is 0.727. The highest BCUT2D eigenvalue weighted by molar-refractivity contribution is 5.92. The molecular formula is C12H17N3O4. The number of nitrogens with zero attached hydrogens (tertiary/aromatic N) is 1. The van der Waals surface area contributed by atoms with Crippen LogP contribution in [0, 0.1) is 6.92 Å². The van der Waals surface area contributed by atoms with Gasteiger partial charge in [0.25, 0.3) is 0 Å². The van der Waals surface area contributed by atoms with Crippen LogP contribution >= 0.6 is 0 Å². The van der Waals surface area contributed by atoms with Gasteiger partial charge in [-0.2, -0.15) is 0 Å². The van der Waals surface area contributed by atoms with Gasteiger partial charge in [0.2, 0.25) is 0 Å². The number of amides is 2. The molecule has 0 saturated heterocycles. The number of nitrogens with two attached hydrogens (primary N) is 1. The molecule has 0 aliphatic rings. The van der Waals surface area contributed by atoms with Gasteiger partial charge in [-0.1, -0.05) is 0 Å². The number of aromatic nitrogens is 1. The van der Waals surface area contributed by atoms with Gasteiger partial charge in [-0.3, -0.25) is 9.47 Å². The minimum absolute atomic E-state index is 0.0839. The van der Waals surface area contributed by atoms with Crippen molar-refractivity contribution >= 4 is 17.8 Å². The Balaban J connectivity index is 3.21. The van der Waals surface area contributed by atoms with Crippen molar-refractivity contribution in [3.63, 3.8) is 0 Å². The van der Waals surface area contributed by atoms with E-state index in [0.29, 0.717) is 17.0 Å². The van der Waals surface area contributed by atoms with Gasteiger partial charge in [0.05, 0.1) is 17.9 Å². The molecule has 0 aromatic carbocycles. The van der Waals surface area contributed by atoms with Gasteiger partial charge in [0.15, 0.2) is 0 Å². The topological polar surface area (TPSA) is 103 Å². The third kappa shape index (κ3) is 3.57. The fourth-order valence-electron chi connectivity index (χ4n) is 1.74. The van der Waals surface area contributed by atoms with Crippen LogP contribution in [0.5, 0.6) is 0 Å². The summed E-state index contributed by atoms with van der Waals surface area (Å²) in [6, 6.07) is 0.740. The minimum Gasteiger partial charge on any atom is -0.462 e. The van der Waals surface area contributed by atoms with Gasteiger partial charge in [-0.25, -0.2) is 15.0 Å². The van der Waals surface area contributed by atoms with E-state index in [-0.39, 0.29) is 18.8 Å². The van der Waals surface area contributed by atoms with Crippen molar-refractivity contribution in [3.8, 4) is 0 Å². The van der Waals surface area contributed by atoms with Crippen LogP contribution in [-0.4, -0.2) is 29.1 Å². The quantitative estimate of drug-likeness (QED) is 0.767. The Kier molecular flexibility index (Phi) is 4.68. The third-order valence-electron chi connectivity index (χ3n) is 2.47. The van der Waals surface area contributed by atoms with Crippen LogP contribution in [0.25, 0.3) is 0 Å². The number of primary amides is 1. The Hall–Kier alpha value is -2.31. The van der Waals surface area contributed by atoms with E-state index in [2.05, 4.69) is 5.43 Å². The van der Waals surface area contributed by atoms with Crippen molar-refractivity contribution in [2.24, 2.45) is 5.73 Å². The summed E-state index contributed by atoms with van der Waals surface area (Å²) in [7, 11) is 0. The highest BCUT2D eigenvalue weighted by Crippen LogP contribution is 2.16. The summed E-state index contributed by atoms with van der Waals surface area (Å²) in [5, 5.41) is 0. The van der Waals surface area contributed by atoms with Gasteiger partial charge < -0.3 is 10.5 Å². The molecule has 1 rings (SSSR count). The van der Waals surface area contributed by atoms with Crippen molar-refractivity contribution in [2.75, 3.05) is 12.0 Å². The zero-order valence-electron chi connectivity index (χ0n) is 11.1. The number of esters is 1. The molecule has 0 bridgehead atoms. The lowest BCUT2D eigenvalue weighted by molar-refractivity contribution is -0.116. The summed E-state index contributed by atoms with van der Waals surface area (Å²) in [5.41, 5.74) is 8.67. The summed E-state index contributed by atoms with van der Waals surface area (Å²) in [6.07, 6.45) is 0.0839. The van der Waals surface area contributed by atoms with Crippen LogP contribution in [-0.2, 0) is 16.0 Å². The highest BCUT2D eigenvalue weighted by atomic mass is 16.5. The SMILES string of the molecule is CCOC(=O)c1cc(CC(C)=O)n(NC(N)=O)c1C. The lowest BCUT2D eigenvalue weighted by Crippen LogP contribution is -2.30. The van der Waals surface area contributed by atoms with Crippen molar-refractivity contribution < 1.29 is 19.1 Å². The van der Waals surface area contributed by atoms with E-state index in [9.17, 15) is 14.4 Å². The Morgan fingerprint density at radius 3 is 2.53 bits per heavy atom. The first-order valence-corrected chi connectivity index (χ1v) is 5.81. The maximum Gasteiger partial charge on any atom is 0.340 e. The van der Waals surface area contributed by atoms with E-state index in [1.165, 1.54) is 17.7 Å². The Morgan fingerprint density at radius 2 is 2.05 bits per heavy atom. The molecule has 0 radical (unpaired) electrons. The zero-order valence-corrected chi connectivity index (χ0v) is 11.1. The maximum atomic E-state index is 11.7. The molecule has 7 nitrogen and oxygen atoms in total. The number of carbonyl (C=O) groups excluding carboxylic acids is 3. The fourth-order valence-corrected chi connectivity index (χ4v) is 1.74. The molecule has 0 aliphatic carbocycles. The average molecular weight is 267 g/mol. The molecule has 0 unspecified atom stereocenters. The second-order valence-electron chi connectivity index (χ2n) is 4.05. The first-order chi connectivity index (χ1) is 8.86. The lowest BCUT2D eigenvalue weighted by atomic mass is 10.2. The van der Waals surface area contributed by atoms with Crippen molar-refractivity contribution in [1.29, 1.82) is 0 Å². The van der Waals surface area contributed by atoms with Gasteiger partial charge in [-0.05, 0) is 26.8 Å². The number of rotatable bonds is 5. The molecule has 19 heavy (non-hydrogen) atoms. The van der Waals surface area contributed by atoms with E-state index in [0.717, 1.165) is 0 Å². The van der Waals surface area contributed by atoms with Crippen molar-refractivity contribution in [2.45, 2.75) is 27.2 Å². The molecule has 0 saturated carbocycles. The van der Waals surface area contributed by atoms with E-state index in [1.807, 2.05) is 0 Å². The highest BCUT2D eigenvalue weighted by Gasteiger charge is 2.19. The number of hydrogen-bond acceptors (Lipinski definition) is 4. The summed E-state index contributed by atoms with van der Waals surface area (Å²) in [4.78, 5) is 33.9. The summed E-state index contributed by atoms with van der Waals surface area (Å²) >= 11 is 0. The molecule has 2 amide bonds. The lowest BCUT2D eigenvalue weighted by Gasteiger charge is -2.10. The molecule has 1 aromatic rings. The van der Waals surface area contributed by atoms with E-state index in [4.69, 9.17) is 10.5 Å². The number of Topliss-reactive ketones (excluding diaryl/α,β-unsaturated/α-hetero) is 1. The number of hydrogen-bond donors (Lipinski definition) is 2. The Labute approximate surface area is 110 Å². The summed E-state index contributed by atoms with van der Waals surface area (Å²) < 4.78 is 6.24. The van der Waals surface area contributed by atoms with Crippen LogP contribution in [0.1, 0.15) is 35.6 Å². The van der Waals surface area contributed by atoms with Gasteiger partial charge >= 0.3 is 12.0 Å². The number of urea groups is 1. The average Bonchev–Trinajstić information content (AvgIpc) is 2.57. The molecular weight excluding hydrogens is 250 g/mol. The summed E-state index contributed by atoms with van der Waals surface area (Å²) in [5.74, 6) is -0.602. The van der Waals surface area contributed by atoms with Crippen LogP contribution in [0.2, 0.25) is 0 Å². The molecule has 1 aromatic heterocycles. The second kappa shape index (κ2) is 6.03. The molecule has 0 spiro atoms. The third-order valence-corrected chi connectivity index (χ3v) is 2.47.